The molecule has 1 aliphatic rings. The summed E-state index contributed by atoms with van der Waals surface area (Å²) in [5.74, 6) is 0.855. The molecule has 1 saturated heterocycles. The van der Waals surface area contributed by atoms with Gasteiger partial charge in [-0.2, -0.15) is 0 Å². The van der Waals surface area contributed by atoms with Gasteiger partial charge in [0.25, 0.3) is 0 Å². The highest BCUT2D eigenvalue weighted by Crippen LogP contribution is 2.27. The van der Waals surface area contributed by atoms with E-state index in [0.29, 0.717) is 19.7 Å². The summed E-state index contributed by atoms with van der Waals surface area (Å²) >= 11 is 0. The minimum atomic E-state index is -0.264. The third-order valence-corrected chi connectivity index (χ3v) is 4.60. The van der Waals surface area contributed by atoms with Gasteiger partial charge in [-0.05, 0) is 28.8 Å². The maximum Gasteiger partial charge on any atom is 0.410 e. The number of carbonyl (C=O) groups excluding carboxylic acids is 1. The lowest BCUT2D eigenvalue weighted by Gasteiger charge is -2.13. The minimum Gasteiger partial charge on any atom is -0.489 e. The molecule has 1 amide bonds. The summed E-state index contributed by atoms with van der Waals surface area (Å²) < 4.78 is 11.3. The number of benzene rings is 3. The van der Waals surface area contributed by atoms with Crippen molar-refractivity contribution in [2.75, 3.05) is 6.54 Å². The van der Waals surface area contributed by atoms with Gasteiger partial charge in [0, 0.05) is 6.54 Å². The zero-order valence-electron chi connectivity index (χ0n) is 15.0. The lowest BCUT2D eigenvalue weighted by molar-refractivity contribution is 0.132. The van der Waals surface area contributed by atoms with Crippen LogP contribution in [-0.4, -0.2) is 17.5 Å². The maximum atomic E-state index is 12.2. The molecule has 0 bridgehead atoms. The van der Waals surface area contributed by atoms with Gasteiger partial charge in [0.05, 0.1) is 6.54 Å². The first kappa shape index (κ1) is 17.2. The SMILES string of the molecule is O=C1OC(c2ccccc2)CN1Cc1ccc(COc2ccccc2)cc1. The predicted octanol–water partition coefficient (Wildman–Crippen LogP) is 4.96. The fraction of sp³-hybridized carbons (Fsp3) is 0.174. The van der Waals surface area contributed by atoms with Crippen LogP contribution in [-0.2, 0) is 17.9 Å². The molecule has 0 aromatic heterocycles. The fourth-order valence-electron chi connectivity index (χ4n) is 3.12. The Morgan fingerprint density at radius 2 is 1.48 bits per heavy atom. The van der Waals surface area contributed by atoms with Crippen LogP contribution >= 0.6 is 0 Å². The van der Waals surface area contributed by atoms with Crippen molar-refractivity contribution in [1.29, 1.82) is 0 Å². The molecule has 1 heterocycles. The molecule has 1 unspecified atom stereocenters. The maximum absolute atomic E-state index is 12.2. The first-order valence-corrected chi connectivity index (χ1v) is 9.04. The molecule has 4 rings (SSSR count). The van der Waals surface area contributed by atoms with Crippen LogP contribution in [0.1, 0.15) is 22.8 Å². The van der Waals surface area contributed by atoms with Gasteiger partial charge in [-0.25, -0.2) is 4.79 Å². The second-order valence-corrected chi connectivity index (χ2v) is 6.58. The summed E-state index contributed by atoms with van der Waals surface area (Å²) in [7, 11) is 0. The number of hydrogen-bond acceptors (Lipinski definition) is 3. The highest BCUT2D eigenvalue weighted by atomic mass is 16.6. The third-order valence-electron chi connectivity index (χ3n) is 4.60. The van der Waals surface area contributed by atoms with Crippen LogP contribution in [0.5, 0.6) is 5.75 Å². The van der Waals surface area contributed by atoms with Crippen LogP contribution in [0, 0.1) is 0 Å². The van der Waals surface area contributed by atoms with Gasteiger partial charge < -0.3 is 9.47 Å². The van der Waals surface area contributed by atoms with Crippen molar-refractivity contribution in [2.45, 2.75) is 19.3 Å². The lowest BCUT2D eigenvalue weighted by atomic mass is 10.1. The van der Waals surface area contributed by atoms with E-state index in [1.807, 2.05) is 84.9 Å². The smallest absolute Gasteiger partial charge is 0.410 e. The standard InChI is InChI=1S/C23H21NO3/c25-23-24(16-22(27-23)20-7-3-1-4-8-20)15-18-11-13-19(14-12-18)17-26-21-9-5-2-6-10-21/h1-14,22H,15-17H2. The van der Waals surface area contributed by atoms with Crippen LogP contribution in [0.2, 0.25) is 0 Å². The molecule has 3 aromatic rings. The van der Waals surface area contributed by atoms with E-state index >= 15 is 0 Å². The van der Waals surface area contributed by atoms with E-state index in [1.54, 1.807) is 4.90 Å². The highest BCUT2D eigenvalue weighted by molar-refractivity contribution is 5.70. The molecule has 3 aromatic carbocycles. The number of hydrogen-bond donors (Lipinski definition) is 0. The van der Waals surface area contributed by atoms with E-state index in [1.165, 1.54) is 0 Å². The zero-order chi connectivity index (χ0) is 18.5. The highest BCUT2D eigenvalue weighted by Gasteiger charge is 2.32. The van der Waals surface area contributed by atoms with Crippen molar-refractivity contribution >= 4 is 6.09 Å². The van der Waals surface area contributed by atoms with Crippen molar-refractivity contribution in [3.63, 3.8) is 0 Å². The van der Waals surface area contributed by atoms with Gasteiger partial charge in [-0.3, -0.25) is 4.90 Å². The number of carbonyl (C=O) groups is 1. The third kappa shape index (κ3) is 4.29. The van der Waals surface area contributed by atoms with Gasteiger partial charge in [-0.1, -0.05) is 72.8 Å². The number of ether oxygens (including phenoxy) is 2. The zero-order valence-corrected chi connectivity index (χ0v) is 15.0. The lowest BCUT2D eigenvalue weighted by Crippen LogP contribution is -2.23. The molecular formula is C23H21NO3. The average Bonchev–Trinajstić information content (AvgIpc) is 3.09. The normalized spacial score (nSPS) is 16.2. The minimum absolute atomic E-state index is 0.197. The summed E-state index contributed by atoms with van der Waals surface area (Å²) in [5, 5.41) is 0. The molecule has 4 nitrogen and oxygen atoms in total. The van der Waals surface area contributed by atoms with Crippen molar-refractivity contribution in [1.82, 2.24) is 4.90 Å². The van der Waals surface area contributed by atoms with Gasteiger partial charge in [-0.15, -0.1) is 0 Å². The number of rotatable bonds is 6. The first-order chi connectivity index (χ1) is 13.3. The molecule has 136 valence electrons. The Labute approximate surface area is 159 Å². The molecule has 0 spiro atoms. The number of cyclic esters (lactones) is 1. The topological polar surface area (TPSA) is 38.8 Å². The first-order valence-electron chi connectivity index (χ1n) is 9.04. The average molecular weight is 359 g/mol. The Hall–Kier alpha value is -3.27. The predicted molar refractivity (Wildman–Crippen MR) is 103 cm³/mol. The number of nitrogens with zero attached hydrogens (tertiary/aromatic N) is 1. The van der Waals surface area contributed by atoms with Gasteiger partial charge in [0.1, 0.15) is 18.5 Å². The van der Waals surface area contributed by atoms with Gasteiger partial charge >= 0.3 is 6.09 Å². The summed E-state index contributed by atoms with van der Waals surface area (Å²) in [6, 6.07) is 27.8. The van der Waals surface area contributed by atoms with Crippen LogP contribution in [0.4, 0.5) is 4.79 Å². The second kappa shape index (κ2) is 7.96. The van der Waals surface area contributed by atoms with E-state index in [2.05, 4.69) is 0 Å². The van der Waals surface area contributed by atoms with Crippen molar-refractivity contribution < 1.29 is 14.3 Å². The molecule has 27 heavy (non-hydrogen) atoms. The Morgan fingerprint density at radius 1 is 0.852 bits per heavy atom. The Balaban J connectivity index is 1.34. The van der Waals surface area contributed by atoms with Crippen LogP contribution in [0.3, 0.4) is 0 Å². The van der Waals surface area contributed by atoms with Crippen LogP contribution < -0.4 is 4.74 Å². The van der Waals surface area contributed by atoms with Crippen molar-refractivity contribution in [3.8, 4) is 5.75 Å². The van der Waals surface area contributed by atoms with E-state index in [0.717, 1.165) is 22.4 Å². The molecule has 4 heteroatoms. The molecule has 0 radical (unpaired) electrons. The molecule has 0 aliphatic carbocycles. The monoisotopic (exact) mass is 359 g/mol. The largest absolute Gasteiger partial charge is 0.489 e. The van der Waals surface area contributed by atoms with E-state index < -0.39 is 0 Å². The Bertz CT molecular complexity index is 879. The van der Waals surface area contributed by atoms with Crippen LogP contribution in [0.15, 0.2) is 84.9 Å². The van der Waals surface area contributed by atoms with Gasteiger partial charge in [0.15, 0.2) is 0 Å². The van der Waals surface area contributed by atoms with Crippen LogP contribution in [0.25, 0.3) is 0 Å². The summed E-state index contributed by atoms with van der Waals surface area (Å²) in [6.07, 6.45) is -0.461. The summed E-state index contributed by atoms with van der Waals surface area (Å²) in [5.41, 5.74) is 3.19. The molecular weight excluding hydrogens is 338 g/mol. The fourth-order valence-corrected chi connectivity index (χ4v) is 3.12. The van der Waals surface area contributed by atoms with E-state index in [4.69, 9.17) is 9.47 Å². The van der Waals surface area contributed by atoms with E-state index in [9.17, 15) is 4.79 Å². The molecule has 1 aliphatic heterocycles. The van der Waals surface area contributed by atoms with Crippen molar-refractivity contribution in [3.05, 3.63) is 102 Å². The molecule has 1 fully saturated rings. The quantitative estimate of drug-likeness (QED) is 0.624. The number of para-hydroxylation sites is 1. The second-order valence-electron chi connectivity index (χ2n) is 6.58. The summed E-state index contributed by atoms with van der Waals surface area (Å²) in [6.45, 7) is 1.63. The molecule has 0 saturated carbocycles. The Kier molecular flexibility index (Phi) is 5.06. The number of amides is 1. The summed E-state index contributed by atoms with van der Waals surface area (Å²) in [4.78, 5) is 13.9. The Morgan fingerprint density at radius 3 is 2.19 bits per heavy atom. The van der Waals surface area contributed by atoms with E-state index in [-0.39, 0.29) is 12.2 Å². The molecule has 0 N–H and O–H groups in total. The molecule has 1 atom stereocenters. The van der Waals surface area contributed by atoms with Crippen molar-refractivity contribution in [2.24, 2.45) is 0 Å². The van der Waals surface area contributed by atoms with Gasteiger partial charge in [0.2, 0.25) is 0 Å².